The van der Waals surface area contributed by atoms with Gasteiger partial charge in [-0.15, -0.1) is 5.10 Å². The molecule has 0 atom stereocenters. The second-order valence-corrected chi connectivity index (χ2v) is 7.07. The fraction of sp³-hybridized carbons (Fsp3) is 0.316. The molecule has 0 radical (unpaired) electrons. The second kappa shape index (κ2) is 11.6. The zero-order valence-corrected chi connectivity index (χ0v) is 17.7. The van der Waals surface area contributed by atoms with Gasteiger partial charge in [0.05, 0.1) is 7.11 Å². The Labute approximate surface area is 179 Å². The molecule has 0 saturated heterocycles. The lowest BCUT2D eigenvalue weighted by atomic mass is 10.2. The minimum absolute atomic E-state index is 0. The summed E-state index contributed by atoms with van der Waals surface area (Å²) in [5, 5.41) is 15.5. The zero-order chi connectivity index (χ0) is 19.8. The summed E-state index contributed by atoms with van der Waals surface area (Å²) >= 11 is 1.60. The summed E-state index contributed by atoms with van der Waals surface area (Å²) in [5.41, 5.74) is 1.99. The number of rotatable bonds is 10. The van der Waals surface area contributed by atoms with E-state index in [1.165, 1.54) is 12.1 Å². The van der Waals surface area contributed by atoms with E-state index in [0.29, 0.717) is 24.7 Å². The van der Waals surface area contributed by atoms with Crippen LogP contribution in [0.5, 0.6) is 11.5 Å². The molecule has 0 fully saturated rings. The van der Waals surface area contributed by atoms with Gasteiger partial charge in [-0.1, -0.05) is 30.0 Å². The highest BCUT2D eigenvalue weighted by Gasteiger charge is 2.07. The highest BCUT2D eigenvalue weighted by atomic mass is 35.5. The Hall–Kier alpha value is -2.36. The number of halogens is 2. The van der Waals surface area contributed by atoms with E-state index in [4.69, 9.17) is 9.47 Å². The molecule has 0 bridgehead atoms. The van der Waals surface area contributed by atoms with Crippen molar-refractivity contribution in [1.82, 2.24) is 25.5 Å². The molecular weight excluding hydrogens is 417 g/mol. The van der Waals surface area contributed by atoms with Crippen LogP contribution in [-0.4, -0.2) is 39.6 Å². The molecule has 0 unspecified atom stereocenters. The maximum absolute atomic E-state index is 13.0. The van der Waals surface area contributed by atoms with Gasteiger partial charge in [0, 0.05) is 25.9 Å². The molecule has 1 heterocycles. The van der Waals surface area contributed by atoms with Crippen LogP contribution in [0.2, 0.25) is 0 Å². The Kier molecular flexibility index (Phi) is 9.17. The summed E-state index contributed by atoms with van der Waals surface area (Å²) in [7, 11) is 3.44. The summed E-state index contributed by atoms with van der Waals surface area (Å²) in [5.74, 6) is 1.93. The lowest BCUT2D eigenvalue weighted by Gasteiger charge is -2.13. The topological polar surface area (TPSA) is 74.1 Å². The molecule has 1 aromatic heterocycles. The van der Waals surface area contributed by atoms with E-state index in [1.807, 2.05) is 25.2 Å². The summed E-state index contributed by atoms with van der Waals surface area (Å²) in [6.45, 7) is 1.89. The van der Waals surface area contributed by atoms with E-state index in [1.54, 1.807) is 35.7 Å². The van der Waals surface area contributed by atoms with Crippen molar-refractivity contribution in [1.29, 1.82) is 0 Å². The van der Waals surface area contributed by atoms with Crippen molar-refractivity contribution < 1.29 is 26.3 Å². The molecule has 0 aliphatic heterocycles. The van der Waals surface area contributed by atoms with E-state index in [0.717, 1.165) is 28.6 Å². The molecule has 156 valence electrons. The molecule has 3 rings (SSSR count). The SMILES string of the molecule is COc1cc(CNCCSc2nnnn2C)ccc1OCc1ccc(F)cc1.[Cl-]. The molecule has 1 N–H and O–H groups in total. The minimum atomic E-state index is -0.259. The number of hydrogen-bond donors (Lipinski definition) is 1. The van der Waals surface area contributed by atoms with Crippen molar-refractivity contribution in [2.75, 3.05) is 19.4 Å². The van der Waals surface area contributed by atoms with Gasteiger partial charge in [0.15, 0.2) is 11.5 Å². The van der Waals surface area contributed by atoms with Gasteiger partial charge in [-0.3, -0.25) is 0 Å². The van der Waals surface area contributed by atoms with Gasteiger partial charge in [0.1, 0.15) is 12.4 Å². The van der Waals surface area contributed by atoms with Gasteiger partial charge in [-0.25, -0.2) is 9.07 Å². The molecule has 0 aliphatic carbocycles. The molecule has 0 aliphatic rings. The number of benzene rings is 2. The fourth-order valence-corrected chi connectivity index (χ4v) is 3.22. The average molecular weight is 439 g/mol. The first-order chi connectivity index (χ1) is 13.7. The standard InChI is InChI=1S/C19H22FN5O2S.ClH/c1-25-19(22-23-24-25)28-10-9-21-12-15-5-8-17(18(11-15)26-2)27-13-14-3-6-16(20)7-4-14;/h3-8,11,21H,9-10,12-13H2,1-2H3;1H/p-1. The predicted molar refractivity (Wildman–Crippen MR) is 105 cm³/mol. The number of aryl methyl sites for hydroxylation is 1. The Morgan fingerprint density at radius 2 is 1.86 bits per heavy atom. The third kappa shape index (κ3) is 6.88. The molecule has 29 heavy (non-hydrogen) atoms. The van der Waals surface area contributed by atoms with Gasteiger partial charge >= 0.3 is 0 Å². The molecule has 7 nitrogen and oxygen atoms in total. The van der Waals surface area contributed by atoms with Gasteiger partial charge in [0.2, 0.25) is 5.16 Å². The number of thioether (sulfide) groups is 1. The maximum atomic E-state index is 13.0. The van der Waals surface area contributed by atoms with E-state index >= 15 is 0 Å². The van der Waals surface area contributed by atoms with Crippen molar-refractivity contribution in [3.05, 3.63) is 59.4 Å². The van der Waals surface area contributed by atoms with E-state index in [2.05, 4.69) is 20.8 Å². The van der Waals surface area contributed by atoms with Crippen molar-refractivity contribution >= 4 is 11.8 Å². The first-order valence-electron chi connectivity index (χ1n) is 8.75. The predicted octanol–water partition coefficient (Wildman–Crippen LogP) is -0.177. The van der Waals surface area contributed by atoms with Gasteiger partial charge in [0.25, 0.3) is 0 Å². The van der Waals surface area contributed by atoms with Crippen LogP contribution in [0, 0.1) is 5.82 Å². The molecule has 10 heteroatoms. The van der Waals surface area contributed by atoms with Crippen LogP contribution in [0.4, 0.5) is 4.39 Å². The Morgan fingerprint density at radius 3 is 2.55 bits per heavy atom. The monoisotopic (exact) mass is 438 g/mol. The van der Waals surface area contributed by atoms with Crippen LogP contribution in [0.1, 0.15) is 11.1 Å². The number of ether oxygens (including phenoxy) is 2. The van der Waals surface area contributed by atoms with E-state index in [9.17, 15) is 4.39 Å². The van der Waals surface area contributed by atoms with Crippen molar-refractivity contribution in [3.8, 4) is 11.5 Å². The highest BCUT2D eigenvalue weighted by molar-refractivity contribution is 7.99. The Bertz CT molecular complexity index is 895. The largest absolute Gasteiger partial charge is 1.00 e. The van der Waals surface area contributed by atoms with Crippen LogP contribution in [0.3, 0.4) is 0 Å². The number of nitrogens with zero attached hydrogens (tertiary/aromatic N) is 4. The van der Waals surface area contributed by atoms with Gasteiger partial charge in [-0.05, 0) is 45.8 Å². The smallest absolute Gasteiger partial charge is 0.209 e. The van der Waals surface area contributed by atoms with Crippen molar-refractivity contribution in [2.24, 2.45) is 7.05 Å². The highest BCUT2D eigenvalue weighted by Crippen LogP contribution is 2.29. The molecule has 2 aromatic carbocycles. The number of nitrogens with one attached hydrogen (secondary N) is 1. The quantitative estimate of drug-likeness (QED) is 0.348. The Morgan fingerprint density at radius 1 is 1.10 bits per heavy atom. The first kappa shape index (κ1) is 22.9. The second-order valence-electron chi connectivity index (χ2n) is 6.01. The lowest BCUT2D eigenvalue weighted by molar-refractivity contribution is -0.00000711. The van der Waals surface area contributed by atoms with E-state index in [-0.39, 0.29) is 18.2 Å². The lowest BCUT2D eigenvalue weighted by Crippen LogP contribution is -3.00. The number of aromatic nitrogens is 4. The minimum Gasteiger partial charge on any atom is -1.00 e. The first-order valence-corrected chi connectivity index (χ1v) is 9.74. The molecular formula is C19H22ClFN5O2S-. The number of methoxy groups -OCH3 is 1. The molecule has 0 spiro atoms. The maximum Gasteiger partial charge on any atom is 0.209 e. The zero-order valence-electron chi connectivity index (χ0n) is 16.1. The van der Waals surface area contributed by atoms with Gasteiger partial charge in [-0.2, -0.15) is 0 Å². The normalized spacial score (nSPS) is 10.4. The Balaban J connectivity index is 0.00000300. The van der Waals surface area contributed by atoms with Crippen LogP contribution in [-0.2, 0) is 20.2 Å². The fourth-order valence-electron chi connectivity index (χ4n) is 2.47. The van der Waals surface area contributed by atoms with Crippen molar-refractivity contribution in [3.63, 3.8) is 0 Å². The van der Waals surface area contributed by atoms with Crippen LogP contribution >= 0.6 is 11.8 Å². The van der Waals surface area contributed by atoms with Crippen LogP contribution < -0.4 is 27.2 Å². The van der Waals surface area contributed by atoms with E-state index < -0.39 is 0 Å². The summed E-state index contributed by atoms with van der Waals surface area (Å²) < 4.78 is 25.9. The van der Waals surface area contributed by atoms with Crippen LogP contribution in [0.15, 0.2) is 47.6 Å². The molecule has 0 amide bonds. The molecule has 3 aromatic rings. The van der Waals surface area contributed by atoms with Crippen LogP contribution in [0.25, 0.3) is 0 Å². The van der Waals surface area contributed by atoms with Gasteiger partial charge < -0.3 is 27.2 Å². The molecule has 0 saturated carbocycles. The summed E-state index contributed by atoms with van der Waals surface area (Å²) in [6, 6.07) is 12.1. The number of hydrogen-bond acceptors (Lipinski definition) is 7. The summed E-state index contributed by atoms with van der Waals surface area (Å²) in [4.78, 5) is 0. The van der Waals surface area contributed by atoms with Crippen molar-refractivity contribution in [2.45, 2.75) is 18.3 Å². The third-order valence-electron chi connectivity index (χ3n) is 3.96. The average Bonchev–Trinajstić information content (AvgIpc) is 3.12. The third-order valence-corrected chi connectivity index (χ3v) is 4.97. The number of tetrazole rings is 1. The summed E-state index contributed by atoms with van der Waals surface area (Å²) in [6.07, 6.45) is 0.